The van der Waals surface area contributed by atoms with E-state index in [2.05, 4.69) is 115 Å². The second-order valence-corrected chi connectivity index (χ2v) is 7.58. The molecule has 0 atom stereocenters. The molecule has 30 heavy (non-hydrogen) atoms. The third-order valence-electron chi connectivity index (χ3n) is 5.52. The van der Waals surface area contributed by atoms with Crippen molar-refractivity contribution in [3.05, 3.63) is 102 Å². The largest absolute Gasteiger partial charge is 0.350 e. The van der Waals surface area contributed by atoms with Crippen LogP contribution in [0.15, 0.2) is 79.1 Å². The van der Waals surface area contributed by atoms with Gasteiger partial charge in [0, 0.05) is 59.4 Å². The fraction of sp³-hybridized carbons (Fsp3) is 0.0741. The second-order valence-electron chi connectivity index (χ2n) is 7.58. The highest BCUT2D eigenvalue weighted by Crippen LogP contribution is 2.23. The number of aryl methyl sites for hydroxylation is 2. The molecule has 0 saturated heterocycles. The zero-order valence-electron chi connectivity index (χ0n) is 17.2. The van der Waals surface area contributed by atoms with Gasteiger partial charge in [0.2, 0.25) is 0 Å². The van der Waals surface area contributed by atoms with E-state index >= 15 is 0 Å². The molecule has 0 amide bonds. The lowest BCUT2D eigenvalue weighted by Gasteiger charge is -1.97. The molecule has 5 aromatic rings. The van der Waals surface area contributed by atoms with E-state index in [-0.39, 0.29) is 0 Å². The lowest BCUT2D eigenvalue weighted by atomic mass is 10.1. The number of pyridine rings is 1. The van der Waals surface area contributed by atoms with Crippen LogP contribution in [0.2, 0.25) is 0 Å². The van der Waals surface area contributed by atoms with Gasteiger partial charge in [-0.2, -0.15) is 0 Å². The van der Waals surface area contributed by atoms with Gasteiger partial charge in [-0.3, -0.25) is 0 Å². The molecule has 0 radical (unpaired) electrons. The predicted molar refractivity (Wildman–Crippen MR) is 128 cm³/mol. The van der Waals surface area contributed by atoms with Gasteiger partial charge >= 0.3 is 0 Å². The quantitative estimate of drug-likeness (QED) is 0.348. The molecule has 0 aliphatic carbocycles. The molecule has 3 aromatic heterocycles. The van der Waals surface area contributed by atoms with Crippen molar-refractivity contribution in [3.63, 3.8) is 0 Å². The van der Waals surface area contributed by atoms with Crippen LogP contribution < -0.4 is 0 Å². The van der Waals surface area contributed by atoms with E-state index in [1.807, 2.05) is 12.1 Å². The Hall–Kier alpha value is -3.85. The van der Waals surface area contributed by atoms with Gasteiger partial charge in [0.05, 0.1) is 11.4 Å². The maximum Gasteiger partial charge on any atom is 0.0637 e. The Kier molecular flexibility index (Phi) is 4.56. The SMILES string of the molecule is Cn1cc(C=Cc2cccc(C=Cc3cn(C)c4ccccc34)n2)c2ccccc21. The van der Waals surface area contributed by atoms with Gasteiger partial charge in [0.25, 0.3) is 0 Å². The van der Waals surface area contributed by atoms with Crippen molar-refractivity contribution in [1.82, 2.24) is 14.1 Å². The zero-order valence-corrected chi connectivity index (χ0v) is 17.2. The number of rotatable bonds is 4. The maximum absolute atomic E-state index is 4.79. The predicted octanol–water partition coefficient (Wildman–Crippen LogP) is 6.41. The van der Waals surface area contributed by atoms with E-state index < -0.39 is 0 Å². The Morgan fingerprint density at radius 2 is 1.03 bits per heavy atom. The average Bonchev–Trinajstić information content (AvgIpc) is 3.28. The smallest absolute Gasteiger partial charge is 0.0637 e. The molecule has 0 aliphatic rings. The third-order valence-corrected chi connectivity index (χ3v) is 5.52. The lowest BCUT2D eigenvalue weighted by Crippen LogP contribution is -1.84. The Morgan fingerprint density at radius 1 is 0.567 bits per heavy atom. The van der Waals surface area contributed by atoms with E-state index in [0.29, 0.717) is 0 Å². The molecule has 2 aromatic carbocycles. The maximum atomic E-state index is 4.79. The Balaban J connectivity index is 1.42. The summed E-state index contributed by atoms with van der Waals surface area (Å²) in [7, 11) is 4.16. The number of benzene rings is 2. The van der Waals surface area contributed by atoms with Crippen LogP contribution >= 0.6 is 0 Å². The van der Waals surface area contributed by atoms with Crippen molar-refractivity contribution < 1.29 is 0 Å². The van der Waals surface area contributed by atoms with Crippen LogP contribution in [0.25, 0.3) is 46.1 Å². The Morgan fingerprint density at radius 3 is 1.53 bits per heavy atom. The van der Waals surface area contributed by atoms with Crippen molar-refractivity contribution in [1.29, 1.82) is 0 Å². The van der Waals surface area contributed by atoms with Crippen molar-refractivity contribution in [2.45, 2.75) is 0 Å². The summed E-state index contributed by atoms with van der Waals surface area (Å²) in [5.74, 6) is 0. The van der Waals surface area contributed by atoms with E-state index in [4.69, 9.17) is 4.98 Å². The number of hydrogen-bond acceptors (Lipinski definition) is 1. The Labute approximate surface area is 176 Å². The van der Waals surface area contributed by atoms with Crippen LogP contribution in [0.5, 0.6) is 0 Å². The van der Waals surface area contributed by atoms with Crippen LogP contribution in [-0.2, 0) is 14.1 Å². The lowest BCUT2D eigenvalue weighted by molar-refractivity contribution is 0.968. The second kappa shape index (κ2) is 7.53. The summed E-state index contributed by atoms with van der Waals surface area (Å²) in [6.07, 6.45) is 12.8. The minimum Gasteiger partial charge on any atom is -0.350 e. The van der Waals surface area contributed by atoms with Crippen LogP contribution in [0.1, 0.15) is 22.5 Å². The highest BCUT2D eigenvalue weighted by molar-refractivity contribution is 5.93. The molecule has 146 valence electrons. The first-order chi connectivity index (χ1) is 14.7. The molecule has 0 aliphatic heterocycles. The standard InChI is InChI=1S/C27H23N3/c1-29-18-20(24-10-3-5-12-26(24)29)14-16-22-8-7-9-23(28-22)17-15-21-19-30(2)27-13-6-4-11-25(21)27/h3-19H,1-2H3. The summed E-state index contributed by atoms with van der Waals surface area (Å²) in [6, 6.07) is 23.0. The number of aromatic nitrogens is 3. The molecule has 0 saturated carbocycles. The number of fused-ring (bicyclic) bond motifs is 2. The van der Waals surface area contributed by atoms with E-state index in [1.165, 1.54) is 32.9 Å². The summed E-state index contributed by atoms with van der Waals surface area (Å²) in [5.41, 5.74) is 6.76. The fourth-order valence-corrected chi connectivity index (χ4v) is 4.02. The molecule has 0 bridgehead atoms. The van der Waals surface area contributed by atoms with E-state index in [0.717, 1.165) is 11.4 Å². The highest BCUT2D eigenvalue weighted by Gasteiger charge is 2.04. The van der Waals surface area contributed by atoms with Gasteiger partial charge in [-0.05, 0) is 36.4 Å². The van der Waals surface area contributed by atoms with Crippen LogP contribution in [0.4, 0.5) is 0 Å². The third kappa shape index (κ3) is 3.35. The summed E-state index contributed by atoms with van der Waals surface area (Å²) >= 11 is 0. The zero-order chi connectivity index (χ0) is 20.5. The minimum absolute atomic E-state index is 0.947. The molecule has 5 rings (SSSR count). The molecule has 0 fully saturated rings. The summed E-state index contributed by atoms with van der Waals surface area (Å²) in [6.45, 7) is 0. The van der Waals surface area contributed by atoms with Gasteiger partial charge in [-0.25, -0.2) is 4.98 Å². The summed E-state index contributed by atoms with van der Waals surface area (Å²) < 4.78 is 4.32. The number of nitrogens with zero attached hydrogens (tertiary/aromatic N) is 3. The first-order valence-corrected chi connectivity index (χ1v) is 10.1. The van der Waals surface area contributed by atoms with Gasteiger partial charge in [0.15, 0.2) is 0 Å². The van der Waals surface area contributed by atoms with Crippen molar-refractivity contribution in [2.75, 3.05) is 0 Å². The number of hydrogen-bond donors (Lipinski definition) is 0. The van der Waals surface area contributed by atoms with Crippen molar-refractivity contribution >= 4 is 46.1 Å². The van der Waals surface area contributed by atoms with Crippen molar-refractivity contribution in [3.8, 4) is 0 Å². The molecule has 0 unspecified atom stereocenters. The topological polar surface area (TPSA) is 22.8 Å². The molecule has 0 N–H and O–H groups in total. The first kappa shape index (κ1) is 18.2. The van der Waals surface area contributed by atoms with Gasteiger partial charge < -0.3 is 9.13 Å². The van der Waals surface area contributed by atoms with Crippen LogP contribution in [0, 0.1) is 0 Å². The molecule has 3 nitrogen and oxygen atoms in total. The van der Waals surface area contributed by atoms with Crippen LogP contribution in [0.3, 0.4) is 0 Å². The van der Waals surface area contributed by atoms with Gasteiger partial charge in [-0.15, -0.1) is 0 Å². The molecule has 0 spiro atoms. The van der Waals surface area contributed by atoms with Crippen LogP contribution in [-0.4, -0.2) is 14.1 Å². The van der Waals surface area contributed by atoms with E-state index in [9.17, 15) is 0 Å². The average molecular weight is 390 g/mol. The monoisotopic (exact) mass is 389 g/mol. The fourth-order valence-electron chi connectivity index (χ4n) is 4.02. The molecule has 3 heterocycles. The summed E-state index contributed by atoms with van der Waals surface area (Å²) in [4.78, 5) is 4.79. The molecule has 3 heteroatoms. The summed E-state index contributed by atoms with van der Waals surface area (Å²) in [5, 5.41) is 2.51. The van der Waals surface area contributed by atoms with E-state index in [1.54, 1.807) is 0 Å². The molecular weight excluding hydrogens is 366 g/mol. The van der Waals surface area contributed by atoms with Crippen molar-refractivity contribution in [2.24, 2.45) is 14.1 Å². The Bertz CT molecular complexity index is 1310. The number of para-hydroxylation sites is 2. The normalized spacial score (nSPS) is 12.1. The minimum atomic E-state index is 0.947. The van der Waals surface area contributed by atoms with Gasteiger partial charge in [-0.1, -0.05) is 54.6 Å². The highest BCUT2D eigenvalue weighted by atomic mass is 14.9. The molecular formula is C27H23N3. The first-order valence-electron chi connectivity index (χ1n) is 10.1. The van der Waals surface area contributed by atoms with Gasteiger partial charge in [0.1, 0.15) is 0 Å².